The quantitative estimate of drug-likeness (QED) is 0.921. The second kappa shape index (κ2) is 6.09. The van der Waals surface area contributed by atoms with Crippen molar-refractivity contribution in [3.63, 3.8) is 0 Å². The number of carbonyl (C=O) groups excluding carboxylic acids is 1. The Kier molecular flexibility index (Phi) is 4.11. The maximum absolute atomic E-state index is 14.2. The zero-order chi connectivity index (χ0) is 17.4. The lowest BCUT2D eigenvalue weighted by Gasteiger charge is -2.21. The van der Waals surface area contributed by atoms with E-state index in [0.717, 1.165) is 0 Å². The fourth-order valence-electron chi connectivity index (χ4n) is 2.67. The smallest absolute Gasteiger partial charge is 0.335 e. The van der Waals surface area contributed by atoms with Crippen molar-refractivity contribution in [2.75, 3.05) is 16.3 Å². The molecule has 6 nitrogen and oxygen atoms in total. The van der Waals surface area contributed by atoms with Gasteiger partial charge in [-0.1, -0.05) is 17.7 Å². The van der Waals surface area contributed by atoms with Gasteiger partial charge in [-0.05, 0) is 31.2 Å². The third-order valence-corrected chi connectivity index (χ3v) is 4.07. The van der Waals surface area contributed by atoms with E-state index in [0.29, 0.717) is 5.69 Å². The molecule has 1 fully saturated rings. The molecule has 0 bridgehead atoms. The second-order valence-corrected chi connectivity index (χ2v) is 5.81. The summed E-state index contributed by atoms with van der Waals surface area (Å²) < 4.78 is 14.2. The van der Waals surface area contributed by atoms with Gasteiger partial charge in [0.05, 0.1) is 16.6 Å². The van der Waals surface area contributed by atoms with E-state index in [2.05, 4.69) is 4.98 Å². The van der Waals surface area contributed by atoms with Crippen molar-refractivity contribution in [3.05, 3.63) is 52.9 Å². The Balaban J connectivity index is 1.98. The molecular weight excluding hydrogens is 337 g/mol. The van der Waals surface area contributed by atoms with Crippen LogP contribution in [0.5, 0.6) is 0 Å². The number of carboxylic acid groups (broad SMARTS) is 1. The fourth-order valence-corrected chi connectivity index (χ4v) is 2.81. The van der Waals surface area contributed by atoms with Crippen molar-refractivity contribution in [2.24, 2.45) is 0 Å². The van der Waals surface area contributed by atoms with Crippen LogP contribution in [-0.2, 0) is 0 Å². The predicted molar refractivity (Wildman–Crippen MR) is 87.3 cm³/mol. The average Bonchev–Trinajstić information content (AvgIpc) is 2.85. The average molecular weight is 350 g/mol. The molecule has 0 spiro atoms. The Labute approximate surface area is 142 Å². The number of carbonyl (C=O) groups is 2. The summed E-state index contributed by atoms with van der Waals surface area (Å²) in [6.45, 7) is 1.99. The zero-order valence-electron chi connectivity index (χ0n) is 12.6. The van der Waals surface area contributed by atoms with E-state index in [1.165, 1.54) is 34.2 Å². The second-order valence-electron chi connectivity index (χ2n) is 5.40. The Morgan fingerprint density at radius 2 is 2.17 bits per heavy atom. The van der Waals surface area contributed by atoms with Gasteiger partial charge in [0.2, 0.25) is 0 Å². The van der Waals surface area contributed by atoms with Gasteiger partial charge < -0.3 is 5.11 Å². The molecule has 1 aromatic carbocycles. The van der Waals surface area contributed by atoms with E-state index in [1.54, 1.807) is 19.1 Å². The van der Waals surface area contributed by atoms with Gasteiger partial charge in [-0.15, -0.1) is 0 Å². The van der Waals surface area contributed by atoms with Gasteiger partial charge in [0, 0.05) is 18.4 Å². The molecule has 2 aromatic rings. The molecule has 1 saturated heterocycles. The summed E-state index contributed by atoms with van der Waals surface area (Å²) in [4.78, 5) is 30.3. The van der Waals surface area contributed by atoms with Gasteiger partial charge in [-0.3, -0.25) is 9.80 Å². The van der Waals surface area contributed by atoms with Crippen molar-refractivity contribution in [1.29, 1.82) is 0 Å². The summed E-state index contributed by atoms with van der Waals surface area (Å²) in [5.41, 5.74) is 0.496. The van der Waals surface area contributed by atoms with Crippen LogP contribution in [0.4, 0.5) is 20.7 Å². The molecule has 124 valence electrons. The molecule has 2 amide bonds. The van der Waals surface area contributed by atoms with Crippen LogP contribution in [0, 0.1) is 5.82 Å². The van der Waals surface area contributed by atoms with Gasteiger partial charge in [0.1, 0.15) is 0 Å². The topological polar surface area (TPSA) is 73.7 Å². The van der Waals surface area contributed by atoms with E-state index in [9.17, 15) is 14.0 Å². The van der Waals surface area contributed by atoms with Gasteiger partial charge >= 0.3 is 12.0 Å². The highest BCUT2D eigenvalue weighted by Gasteiger charge is 2.38. The number of halogens is 2. The lowest BCUT2D eigenvalue weighted by molar-refractivity contribution is 0.0697. The number of carboxylic acids is 1. The molecule has 1 aromatic heterocycles. The molecule has 1 aliphatic rings. The molecule has 8 heteroatoms. The van der Waals surface area contributed by atoms with Crippen molar-refractivity contribution in [1.82, 2.24) is 4.98 Å². The number of benzene rings is 1. The SMILES string of the molecule is C[C@H]1CN(c2nccc(Cl)c2F)C(=O)N1c1cccc(C(=O)O)c1. The molecule has 0 aliphatic carbocycles. The van der Waals surface area contributed by atoms with Crippen molar-refractivity contribution in [2.45, 2.75) is 13.0 Å². The monoisotopic (exact) mass is 349 g/mol. The summed E-state index contributed by atoms with van der Waals surface area (Å²) in [6.07, 6.45) is 1.33. The van der Waals surface area contributed by atoms with Crippen molar-refractivity contribution in [3.8, 4) is 0 Å². The molecule has 2 heterocycles. The molecule has 1 N–H and O–H groups in total. The minimum absolute atomic E-state index is 0.0676. The third kappa shape index (κ3) is 2.67. The molecule has 24 heavy (non-hydrogen) atoms. The van der Waals surface area contributed by atoms with Gasteiger partial charge in [-0.25, -0.2) is 19.0 Å². The highest BCUT2D eigenvalue weighted by molar-refractivity contribution is 6.31. The van der Waals surface area contributed by atoms with Crippen LogP contribution in [0.15, 0.2) is 36.5 Å². The highest BCUT2D eigenvalue weighted by atomic mass is 35.5. The van der Waals surface area contributed by atoms with E-state index < -0.39 is 17.8 Å². The first kappa shape index (κ1) is 16.2. The first-order valence-electron chi connectivity index (χ1n) is 7.14. The van der Waals surface area contributed by atoms with E-state index >= 15 is 0 Å². The van der Waals surface area contributed by atoms with Crippen molar-refractivity contribution < 1.29 is 19.1 Å². The molecular formula is C16H13ClFN3O3. The Hall–Kier alpha value is -2.67. The number of hydrogen-bond acceptors (Lipinski definition) is 3. The minimum atomic E-state index is -1.09. The van der Waals surface area contributed by atoms with E-state index in [-0.39, 0.29) is 29.0 Å². The third-order valence-electron chi connectivity index (χ3n) is 3.78. The van der Waals surface area contributed by atoms with Crippen LogP contribution in [0.2, 0.25) is 5.02 Å². The molecule has 0 radical (unpaired) electrons. The maximum atomic E-state index is 14.2. The number of nitrogens with zero attached hydrogens (tertiary/aromatic N) is 3. The molecule has 0 unspecified atom stereocenters. The molecule has 0 saturated carbocycles. The Morgan fingerprint density at radius 1 is 1.42 bits per heavy atom. The predicted octanol–water partition coefficient (Wildman–Crippen LogP) is 3.41. The number of pyridine rings is 1. The van der Waals surface area contributed by atoms with Crippen LogP contribution >= 0.6 is 11.6 Å². The van der Waals surface area contributed by atoms with Crippen LogP contribution in [0.1, 0.15) is 17.3 Å². The summed E-state index contributed by atoms with van der Waals surface area (Å²) in [5.74, 6) is -1.99. The highest BCUT2D eigenvalue weighted by Crippen LogP contribution is 2.31. The van der Waals surface area contributed by atoms with Gasteiger partial charge in [-0.2, -0.15) is 0 Å². The molecule has 1 aliphatic heterocycles. The minimum Gasteiger partial charge on any atom is -0.478 e. The maximum Gasteiger partial charge on any atom is 0.335 e. The van der Waals surface area contributed by atoms with Crippen LogP contribution in [0.25, 0.3) is 0 Å². The summed E-state index contributed by atoms with van der Waals surface area (Å²) in [5, 5.41) is 8.97. The molecule has 1 atom stereocenters. The van der Waals surface area contributed by atoms with Crippen molar-refractivity contribution >= 4 is 35.1 Å². The number of aromatic nitrogens is 1. The summed E-state index contributed by atoms with van der Waals surface area (Å²) >= 11 is 5.75. The fraction of sp³-hybridized carbons (Fsp3) is 0.188. The van der Waals surface area contributed by atoms with E-state index in [1.807, 2.05) is 0 Å². The standard InChI is InChI=1S/C16H13ClFN3O3/c1-9-8-20(14-13(18)12(17)5-6-19-14)16(24)21(9)11-4-2-3-10(7-11)15(22)23/h2-7,9H,8H2,1H3,(H,22,23)/t9-/m0/s1. The summed E-state index contributed by atoms with van der Waals surface area (Å²) in [6, 6.07) is 6.56. The van der Waals surface area contributed by atoms with Crippen LogP contribution in [0.3, 0.4) is 0 Å². The first-order chi connectivity index (χ1) is 11.4. The lowest BCUT2D eigenvalue weighted by atomic mass is 10.2. The number of amides is 2. The van der Waals surface area contributed by atoms with Gasteiger partial charge in [0.15, 0.2) is 11.6 Å². The molecule has 3 rings (SSSR count). The summed E-state index contributed by atoms with van der Waals surface area (Å²) in [7, 11) is 0. The lowest BCUT2D eigenvalue weighted by Crippen LogP contribution is -2.34. The number of urea groups is 1. The van der Waals surface area contributed by atoms with Gasteiger partial charge in [0.25, 0.3) is 0 Å². The number of aromatic carboxylic acids is 1. The normalized spacial score (nSPS) is 17.5. The number of anilines is 2. The number of hydrogen-bond donors (Lipinski definition) is 1. The largest absolute Gasteiger partial charge is 0.478 e. The Bertz CT molecular complexity index is 830. The number of rotatable bonds is 3. The first-order valence-corrected chi connectivity index (χ1v) is 7.52. The Morgan fingerprint density at radius 3 is 2.88 bits per heavy atom. The van der Waals surface area contributed by atoms with E-state index in [4.69, 9.17) is 16.7 Å². The van der Waals surface area contributed by atoms with Crippen LogP contribution < -0.4 is 9.80 Å². The zero-order valence-corrected chi connectivity index (χ0v) is 13.4. The van der Waals surface area contributed by atoms with Crippen LogP contribution in [-0.4, -0.2) is 34.7 Å².